The molecule has 0 fully saturated rings. The molecule has 1 aromatic carbocycles. The Balaban J connectivity index is 2.84. The van der Waals surface area contributed by atoms with Gasteiger partial charge in [0.2, 0.25) is 0 Å². The molecule has 0 radical (unpaired) electrons. The fourth-order valence-corrected chi connectivity index (χ4v) is 3.71. The van der Waals surface area contributed by atoms with E-state index in [0.29, 0.717) is 0 Å². The number of benzene rings is 1. The Bertz CT molecular complexity index is 398. The summed E-state index contributed by atoms with van der Waals surface area (Å²) >= 11 is 0. The van der Waals surface area contributed by atoms with Crippen molar-refractivity contribution in [3.63, 3.8) is 0 Å². The van der Waals surface area contributed by atoms with Crippen LogP contribution < -0.4 is 0 Å². The average Bonchev–Trinajstić information content (AvgIpc) is 2.18. The van der Waals surface area contributed by atoms with Crippen molar-refractivity contribution < 1.29 is 18.7 Å². The molecule has 0 bridgehead atoms. The summed E-state index contributed by atoms with van der Waals surface area (Å²) < 4.78 is 23.5. The summed E-state index contributed by atoms with van der Waals surface area (Å²) in [6.07, 6.45) is -0.109. The molecule has 0 atom stereocenters. The van der Waals surface area contributed by atoms with Crippen molar-refractivity contribution >= 4 is 7.60 Å². The number of hydrogen-bond donors (Lipinski definition) is 1. The maximum atomic E-state index is 12.6. The van der Waals surface area contributed by atoms with Gasteiger partial charge in [0.05, 0.1) is 18.4 Å². The van der Waals surface area contributed by atoms with Gasteiger partial charge in [0, 0.05) is 0 Å². The van der Waals surface area contributed by atoms with Crippen LogP contribution in [-0.2, 0) is 19.8 Å². The number of aromatic hydroxyl groups is 1. The molecule has 0 aromatic heterocycles. The Morgan fingerprint density at radius 2 is 1.50 bits per heavy atom. The molecule has 0 aliphatic carbocycles. The fourth-order valence-electron chi connectivity index (χ4n) is 1.57. The summed E-state index contributed by atoms with van der Waals surface area (Å²) in [6.45, 7) is 7.31. The van der Waals surface area contributed by atoms with E-state index in [-0.39, 0.29) is 24.1 Å². The van der Waals surface area contributed by atoms with Crippen LogP contribution in [0.1, 0.15) is 33.3 Å². The minimum Gasteiger partial charge on any atom is -0.508 e. The van der Waals surface area contributed by atoms with Crippen LogP contribution in [0.15, 0.2) is 24.3 Å². The normalized spacial score (nSPS) is 12.3. The summed E-state index contributed by atoms with van der Waals surface area (Å²) in [5.41, 5.74) is 0.817. The van der Waals surface area contributed by atoms with Crippen molar-refractivity contribution in [1.82, 2.24) is 0 Å². The van der Waals surface area contributed by atoms with E-state index < -0.39 is 7.60 Å². The molecular formula is C13H21O4P. The van der Waals surface area contributed by atoms with Crippen molar-refractivity contribution in [2.45, 2.75) is 46.1 Å². The second kappa shape index (κ2) is 6.37. The largest absolute Gasteiger partial charge is 0.508 e. The first-order valence-electron chi connectivity index (χ1n) is 6.04. The molecular weight excluding hydrogens is 251 g/mol. The third-order valence-corrected chi connectivity index (χ3v) is 4.29. The van der Waals surface area contributed by atoms with Gasteiger partial charge in [-0.1, -0.05) is 12.1 Å². The quantitative estimate of drug-likeness (QED) is 0.797. The van der Waals surface area contributed by atoms with E-state index in [0.717, 1.165) is 5.56 Å². The number of phenols is 1. The van der Waals surface area contributed by atoms with Crippen molar-refractivity contribution in [1.29, 1.82) is 0 Å². The predicted octanol–water partition coefficient (Wildman–Crippen LogP) is 3.94. The van der Waals surface area contributed by atoms with Crippen molar-refractivity contribution in [3.05, 3.63) is 29.8 Å². The summed E-state index contributed by atoms with van der Waals surface area (Å²) in [6, 6.07) is 6.56. The Labute approximate surface area is 108 Å². The molecule has 0 unspecified atom stereocenters. The lowest BCUT2D eigenvalue weighted by atomic mass is 10.2. The molecule has 1 aromatic rings. The van der Waals surface area contributed by atoms with Crippen LogP contribution in [-0.4, -0.2) is 17.3 Å². The van der Waals surface area contributed by atoms with Gasteiger partial charge in [-0.25, -0.2) is 0 Å². The summed E-state index contributed by atoms with van der Waals surface area (Å²) in [5, 5.41) is 9.21. The lowest BCUT2D eigenvalue weighted by molar-refractivity contribution is 0.141. The third kappa shape index (κ3) is 5.21. The molecule has 0 aliphatic rings. The van der Waals surface area contributed by atoms with E-state index in [9.17, 15) is 9.67 Å². The van der Waals surface area contributed by atoms with Crippen molar-refractivity contribution in [3.8, 4) is 5.75 Å². The van der Waals surface area contributed by atoms with Crippen molar-refractivity contribution in [2.75, 3.05) is 0 Å². The van der Waals surface area contributed by atoms with E-state index in [4.69, 9.17) is 9.05 Å². The minimum atomic E-state index is -3.15. The van der Waals surface area contributed by atoms with Gasteiger partial charge in [-0.2, -0.15) is 0 Å². The van der Waals surface area contributed by atoms with Gasteiger partial charge in [0.1, 0.15) is 5.75 Å². The second-order valence-electron chi connectivity index (χ2n) is 4.74. The monoisotopic (exact) mass is 272 g/mol. The van der Waals surface area contributed by atoms with Gasteiger partial charge in [0.25, 0.3) is 0 Å². The average molecular weight is 272 g/mol. The minimum absolute atomic E-state index is 0.160. The van der Waals surface area contributed by atoms with Gasteiger partial charge in [-0.3, -0.25) is 4.57 Å². The predicted molar refractivity (Wildman–Crippen MR) is 71.9 cm³/mol. The van der Waals surface area contributed by atoms with Crippen LogP contribution in [0.5, 0.6) is 5.75 Å². The highest BCUT2D eigenvalue weighted by molar-refractivity contribution is 7.53. The highest BCUT2D eigenvalue weighted by atomic mass is 31.2. The van der Waals surface area contributed by atoms with E-state index in [1.165, 1.54) is 0 Å². The van der Waals surface area contributed by atoms with Crippen LogP contribution in [0.3, 0.4) is 0 Å². The van der Waals surface area contributed by atoms with Crippen LogP contribution in [0, 0.1) is 0 Å². The molecule has 0 amide bonds. The number of hydrogen-bond acceptors (Lipinski definition) is 4. The zero-order valence-electron chi connectivity index (χ0n) is 11.3. The smallest absolute Gasteiger partial charge is 0.335 e. The van der Waals surface area contributed by atoms with Gasteiger partial charge in [0.15, 0.2) is 0 Å². The highest BCUT2D eigenvalue weighted by Gasteiger charge is 2.28. The molecule has 1 N–H and O–H groups in total. The molecule has 5 heteroatoms. The van der Waals surface area contributed by atoms with Gasteiger partial charge >= 0.3 is 7.60 Å². The molecule has 102 valence electrons. The Hall–Kier alpha value is -0.830. The van der Waals surface area contributed by atoms with Gasteiger partial charge in [-0.05, 0) is 45.4 Å². The summed E-state index contributed by atoms with van der Waals surface area (Å²) in [7, 11) is -3.15. The Morgan fingerprint density at radius 3 is 1.89 bits per heavy atom. The topological polar surface area (TPSA) is 55.8 Å². The van der Waals surface area contributed by atoms with E-state index in [2.05, 4.69) is 0 Å². The number of phenolic OH excluding ortho intramolecular Hbond substituents is 1. The van der Waals surface area contributed by atoms with E-state index >= 15 is 0 Å². The van der Waals surface area contributed by atoms with E-state index in [1.807, 2.05) is 27.7 Å². The molecule has 0 saturated carbocycles. The molecule has 0 aliphatic heterocycles. The summed E-state index contributed by atoms with van der Waals surface area (Å²) in [5.74, 6) is 0.183. The zero-order chi connectivity index (χ0) is 13.8. The van der Waals surface area contributed by atoms with Crippen LogP contribution in [0.2, 0.25) is 0 Å². The maximum absolute atomic E-state index is 12.6. The molecule has 0 heterocycles. The Kier molecular flexibility index (Phi) is 5.39. The molecule has 18 heavy (non-hydrogen) atoms. The molecule has 0 spiro atoms. The lowest BCUT2D eigenvalue weighted by Crippen LogP contribution is -2.09. The standard InChI is InChI=1S/C13H21O4P/c1-10(2)16-18(15,17-11(3)4)9-12-5-7-13(14)8-6-12/h5-8,10-11,14H,9H2,1-4H3. The molecule has 1 rings (SSSR count). The van der Waals surface area contributed by atoms with Gasteiger partial charge < -0.3 is 14.2 Å². The fraction of sp³-hybridized carbons (Fsp3) is 0.538. The first-order chi connectivity index (χ1) is 8.31. The first-order valence-corrected chi connectivity index (χ1v) is 7.77. The first kappa shape index (κ1) is 15.2. The molecule has 4 nitrogen and oxygen atoms in total. The van der Waals surface area contributed by atoms with Crippen LogP contribution in [0.4, 0.5) is 0 Å². The highest BCUT2D eigenvalue weighted by Crippen LogP contribution is 2.53. The molecule has 0 saturated heterocycles. The van der Waals surface area contributed by atoms with Crippen LogP contribution >= 0.6 is 7.60 Å². The SMILES string of the molecule is CC(C)OP(=O)(Cc1ccc(O)cc1)OC(C)C. The van der Waals surface area contributed by atoms with E-state index in [1.54, 1.807) is 24.3 Å². The second-order valence-corrected chi connectivity index (χ2v) is 6.70. The Morgan fingerprint density at radius 1 is 1.06 bits per heavy atom. The van der Waals surface area contributed by atoms with Crippen LogP contribution in [0.25, 0.3) is 0 Å². The number of rotatable bonds is 6. The maximum Gasteiger partial charge on any atom is 0.335 e. The summed E-state index contributed by atoms with van der Waals surface area (Å²) in [4.78, 5) is 0. The zero-order valence-corrected chi connectivity index (χ0v) is 12.2. The lowest BCUT2D eigenvalue weighted by Gasteiger charge is -2.22. The van der Waals surface area contributed by atoms with Gasteiger partial charge in [-0.15, -0.1) is 0 Å². The third-order valence-electron chi connectivity index (χ3n) is 2.06. The van der Waals surface area contributed by atoms with Crippen molar-refractivity contribution in [2.24, 2.45) is 0 Å².